The van der Waals surface area contributed by atoms with E-state index in [2.05, 4.69) is 31.9 Å². The molecular formula is C15H18BBr2FO3. The van der Waals surface area contributed by atoms with E-state index >= 15 is 0 Å². The van der Waals surface area contributed by atoms with E-state index in [1.165, 1.54) is 12.1 Å². The van der Waals surface area contributed by atoms with E-state index < -0.39 is 18.3 Å². The minimum absolute atomic E-state index is 0.215. The van der Waals surface area contributed by atoms with Crippen LogP contribution in [0.15, 0.2) is 26.6 Å². The van der Waals surface area contributed by atoms with Crippen LogP contribution >= 0.6 is 31.9 Å². The second kappa shape index (κ2) is 6.36. The van der Waals surface area contributed by atoms with Gasteiger partial charge < -0.3 is 14.4 Å². The van der Waals surface area contributed by atoms with Crippen LogP contribution in [0.4, 0.5) is 4.39 Å². The Balaban J connectivity index is 2.38. The normalized spacial score (nSPS) is 20.5. The summed E-state index contributed by atoms with van der Waals surface area (Å²) in [5.74, 6) is -0.350. The quantitative estimate of drug-likeness (QED) is 0.717. The Kier molecular flexibility index (Phi) is 5.24. The standard InChI is InChI=1S/C15H18BBr2FO3/c1-14(2)15(3,4)22-16(21-14)9(8-20)5-11-12(17)6-10(19)7-13(11)18/h5-7,20H,8H2,1-4H3. The van der Waals surface area contributed by atoms with Gasteiger partial charge in [-0.05, 0) is 45.3 Å². The van der Waals surface area contributed by atoms with Gasteiger partial charge in [-0.3, -0.25) is 0 Å². The summed E-state index contributed by atoms with van der Waals surface area (Å²) < 4.78 is 26.4. The van der Waals surface area contributed by atoms with Gasteiger partial charge in [0.1, 0.15) is 5.82 Å². The highest BCUT2D eigenvalue weighted by Crippen LogP contribution is 2.39. The molecule has 0 radical (unpaired) electrons. The molecule has 1 aromatic carbocycles. The molecule has 1 N–H and O–H groups in total. The van der Waals surface area contributed by atoms with E-state index in [0.717, 1.165) is 5.56 Å². The summed E-state index contributed by atoms with van der Waals surface area (Å²) in [6.07, 6.45) is 1.75. The van der Waals surface area contributed by atoms with Crippen molar-refractivity contribution in [3.63, 3.8) is 0 Å². The van der Waals surface area contributed by atoms with Crippen LogP contribution in [-0.2, 0) is 9.31 Å². The first kappa shape index (κ1) is 18.1. The van der Waals surface area contributed by atoms with Crippen LogP contribution in [0.25, 0.3) is 6.08 Å². The first-order chi connectivity index (χ1) is 10.1. The van der Waals surface area contributed by atoms with E-state index in [4.69, 9.17) is 9.31 Å². The van der Waals surface area contributed by atoms with Gasteiger partial charge in [0, 0.05) is 14.5 Å². The Morgan fingerprint density at radius 2 is 1.64 bits per heavy atom. The number of hydrogen-bond donors (Lipinski definition) is 1. The van der Waals surface area contributed by atoms with Gasteiger partial charge in [0.25, 0.3) is 0 Å². The number of rotatable bonds is 3. The fraction of sp³-hybridized carbons (Fsp3) is 0.467. The highest BCUT2D eigenvalue weighted by molar-refractivity contribution is 9.11. The third-order valence-electron chi connectivity index (χ3n) is 4.11. The van der Waals surface area contributed by atoms with Crippen molar-refractivity contribution in [3.8, 4) is 0 Å². The average Bonchev–Trinajstić information content (AvgIpc) is 2.57. The van der Waals surface area contributed by atoms with Crippen LogP contribution < -0.4 is 0 Å². The maximum absolute atomic E-state index is 13.4. The summed E-state index contributed by atoms with van der Waals surface area (Å²) in [7, 11) is -0.640. The topological polar surface area (TPSA) is 38.7 Å². The van der Waals surface area contributed by atoms with Gasteiger partial charge >= 0.3 is 7.12 Å². The van der Waals surface area contributed by atoms with Crippen molar-refractivity contribution in [2.45, 2.75) is 38.9 Å². The molecule has 0 aromatic heterocycles. The third-order valence-corrected chi connectivity index (χ3v) is 5.42. The molecule has 1 saturated heterocycles. The molecule has 1 aliphatic rings. The SMILES string of the molecule is CC1(C)OB(C(=Cc2c(Br)cc(F)cc2Br)CO)OC1(C)C. The summed E-state index contributed by atoms with van der Waals surface area (Å²) in [4.78, 5) is 0. The summed E-state index contributed by atoms with van der Waals surface area (Å²) in [5, 5.41) is 9.69. The lowest BCUT2D eigenvalue weighted by molar-refractivity contribution is 0.00578. The zero-order valence-electron chi connectivity index (χ0n) is 12.9. The number of halogens is 3. The number of hydrogen-bond acceptors (Lipinski definition) is 3. The Labute approximate surface area is 147 Å². The summed E-state index contributed by atoms with van der Waals surface area (Å²) in [5.41, 5.74) is 0.332. The van der Waals surface area contributed by atoms with Gasteiger partial charge in [0.15, 0.2) is 0 Å². The predicted octanol–water partition coefficient (Wildman–Crippen LogP) is 4.36. The average molecular weight is 436 g/mol. The van der Waals surface area contributed by atoms with Gasteiger partial charge in [-0.25, -0.2) is 4.39 Å². The molecule has 1 aliphatic heterocycles. The van der Waals surface area contributed by atoms with Crippen LogP contribution in [0.3, 0.4) is 0 Å². The maximum Gasteiger partial charge on any atom is 0.492 e. The van der Waals surface area contributed by atoms with Gasteiger partial charge in [-0.2, -0.15) is 0 Å². The molecule has 3 nitrogen and oxygen atoms in total. The van der Waals surface area contributed by atoms with Crippen molar-refractivity contribution in [1.29, 1.82) is 0 Å². The molecule has 0 aliphatic carbocycles. The number of aliphatic hydroxyl groups is 1. The molecule has 22 heavy (non-hydrogen) atoms. The first-order valence-corrected chi connectivity index (χ1v) is 8.47. The molecule has 0 saturated carbocycles. The smallest absolute Gasteiger partial charge is 0.400 e. The van der Waals surface area contributed by atoms with Crippen molar-refractivity contribution in [2.24, 2.45) is 0 Å². The van der Waals surface area contributed by atoms with Crippen molar-refractivity contribution >= 4 is 45.1 Å². The van der Waals surface area contributed by atoms with Crippen molar-refractivity contribution < 1.29 is 18.8 Å². The maximum atomic E-state index is 13.4. The number of benzene rings is 1. The van der Waals surface area contributed by atoms with E-state index in [0.29, 0.717) is 14.4 Å². The fourth-order valence-corrected chi connectivity index (χ4v) is 3.42. The first-order valence-electron chi connectivity index (χ1n) is 6.89. The molecule has 7 heteroatoms. The number of aliphatic hydroxyl groups excluding tert-OH is 1. The van der Waals surface area contributed by atoms with E-state index in [9.17, 15) is 9.50 Å². The molecule has 0 atom stereocenters. The van der Waals surface area contributed by atoms with Crippen LogP contribution in [-0.4, -0.2) is 30.0 Å². The molecule has 0 spiro atoms. The van der Waals surface area contributed by atoms with Gasteiger partial charge in [0.05, 0.1) is 17.8 Å². The van der Waals surface area contributed by atoms with Crippen molar-refractivity contribution in [3.05, 3.63) is 37.9 Å². The Morgan fingerprint density at radius 3 is 2.05 bits per heavy atom. The van der Waals surface area contributed by atoms with Crippen molar-refractivity contribution in [2.75, 3.05) is 6.61 Å². The molecule has 2 rings (SSSR count). The van der Waals surface area contributed by atoms with E-state index in [1.807, 2.05) is 27.7 Å². The van der Waals surface area contributed by atoms with Crippen LogP contribution in [0.2, 0.25) is 0 Å². The van der Waals surface area contributed by atoms with E-state index in [1.54, 1.807) is 6.08 Å². The molecule has 0 amide bonds. The second-order valence-electron chi connectivity index (χ2n) is 6.25. The van der Waals surface area contributed by atoms with Crippen molar-refractivity contribution in [1.82, 2.24) is 0 Å². The minimum atomic E-state index is -0.640. The second-order valence-corrected chi connectivity index (χ2v) is 7.96. The van der Waals surface area contributed by atoms with Gasteiger partial charge in [0.2, 0.25) is 0 Å². The molecule has 0 unspecified atom stereocenters. The lowest BCUT2D eigenvalue weighted by Crippen LogP contribution is -2.41. The van der Waals surface area contributed by atoms with Gasteiger partial charge in [-0.1, -0.05) is 37.9 Å². The Hall–Kier alpha value is -0.205. The van der Waals surface area contributed by atoms with Crippen LogP contribution in [0, 0.1) is 5.82 Å². The largest absolute Gasteiger partial charge is 0.492 e. The molecule has 0 bridgehead atoms. The molecule has 1 heterocycles. The minimum Gasteiger partial charge on any atom is -0.400 e. The lowest BCUT2D eigenvalue weighted by Gasteiger charge is -2.32. The Morgan fingerprint density at radius 1 is 1.18 bits per heavy atom. The molecule has 1 aromatic rings. The molecular weight excluding hydrogens is 418 g/mol. The van der Waals surface area contributed by atoms with Crippen LogP contribution in [0.1, 0.15) is 33.3 Å². The zero-order valence-corrected chi connectivity index (χ0v) is 16.1. The van der Waals surface area contributed by atoms with Crippen LogP contribution in [0.5, 0.6) is 0 Å². The monoisotopic (exact) mass is 434 g/mol. The third kappa shape index (κ3) is 3.48. The fourth-order valence-electron chi connectivity index (χ4n) is 2.06. The van der Waals surface area contributed by atoms with E-state index in [-0.39, 0.29) is 12.4 Å². The molecule has 1 fully saturated rings. The zero-order chi connectivity index (χ0) is 16.7. The molecule has 120 valence electrons. The highest BCUT2D eigenvalue weighted by atomic mass is 79.9. The summed E-state index contributed by atoms with van der Waals surface area (Å²) in [6.45, 7) is 7.59. The summed E-state index contributed by atoms with van der Waals surface area (Å²) in [6, 6.07) is 2.74. The lowest BCUT2D eigenvalue weighted by atomic mass is 9.77. The Bertz CT molecular complexity index is 578. The highest BCUT2D eigenvalue weighted by Gasteiger charge is 2.52. The van der Waals surface area contributed by atoms with Gasteiger partial charge in [-0.15, -0.1) is 0 Å². The summed E-state index contributed by atoms with van der Waals surface area (Å²) >= 11 is 6.66. The predicted molar refractivity (Wildman–Crippen MR) is 92.9 cm³/mol.